The van der Waals surface area contributed by atoms with Crippen LogP contribution in [0.3, 0.4) is 0 Å². The lowest BCUT2D eigenvalue weighted by atomic mass is 9.87. The Bertz CT molecular complexity index is 1290. The van der Waals surface area contributed by atoms with Crippen molar-refractivity contribution in [1.29, 1.82) is 0 Å². The van der Waals surface area contributed by atoms with Crippen LogP contribution in [-0.2, 0) is 20.7 Å². The molecule has 1 aromatic carbocycles. The molecule has 4 rings (SSSR count). The van der Waals surface area contributed by atoms with Crippen molar-refractivity contribution in [2.75, 3.05) is 13.1 Å². The monoisotopic (exact) mass is 539 g/mol. The van der Waals surface area contributed by atoms with Crippen LogP contribution in [0.5, 0.6) is 11.5 Å². The summed E-state index contributed by atoms with van der Waals surface area (Å²) in [4.78, 5) is 42.5. The second-order valence-corrected chi connectivity index (χ2v) is 10.5. The number of carboxylic acids is 1. The van der Waals surface area contributed by atoms with Crippen LogP contribution < -0.4 is 14.8 Å². The fourth-order valence-corrected chi connectivity index (χ4v) is 4.88. The molecule has 2 atom stereocenters. The van der Waals surface area contributed by atoms with Gasteiger partial charge in [0.05, 0.1) is 17.8 Å². The number of pyridine rings is 1. The number of carbonyl (C=O) groups is 3. The van der Waals surface area contributed by atoms with Crippen LogP contribution in [0.1, 0.15) is 44.9 Å². The van der Waals surface area contributed by atoms with Gasteiger partial charge in [-0.3, -0.25) is 4.79 Å². The molecule has 2 N–H and O–H groups in total. The first-order valence-corrected chi connectivity index (χ1v) is 11.9. The number of halogens is 3. The van der Waals surface area contributed by atoms with Crippen LogP contribution in [0, 0.1) is 6.92 Å². The molecule has 206 valence electrons. The van der Waals surface area contributed by atoms with Gasteiger partial charge in [0.25, 0.3) is 0 Å². The van der Waals surface area contributed by atoms with Crippen molar-refractivity contribution in [3.8, 4) is 11.5 Å². The van der Waals surface area contributed by atoms with Gasteiger partial charge in [-0.1, -0.05) is 0 Å². The van der Waals surface area contributed by atoms with E-state index in [0.717, 1.165) is 4.90 Å². The highest BCUT2D eigenvalue weighted by Crippen LogP contribution is 2.45. The van der Waals surface area contributed by atoms with E-state index in [1.807, 2.05) is 0 Å². The van der Waals surface area contributed by atoms with Crippen molar-refractivity contribution in [2.24, 2.45) is 0 Å². The fraction of sp³-hybridized carbons (Fsp3) is 0.520. The fourth-order valence-electron chi connectivity index (χ4n) is 4.88. The van der Waals surface area contributed by atoms with Crippen molar-refractivity contribution in [2.45, 2.75) is 70.6 Å². The van der Waals surface area contributed by atoms with Gasteiger partial charge in [-0.15, -0.1) is 13.2 Å². The number of nitrogens with zero attached hydrogens (tertiary/aromatic N) is 2. The van der Waals surface area contributed by atoms with Gasteiger partial charge in [-0.05, 0) is 58.7 Å². The minimum Gasteiger partial charge on any atom is -0.483 e. The lowest BCUT2D eigenvalue weighted by molar-refractivity contribution is -0.274. The average Bonchev–Trinajstić information content (AvgIpc) is 3.15. The minimum atomic E-state index is -4.85. The average molecular weight is 540 g/mol. The van der Waals surface area contributed by atoms with Crippen molar-refractivity contribution < 1.29 is 46.9 Å². The summed E-state index contributed by atoms with van der Waals surface area (Å²) in [6, 6.07) is 2.68. The predicted octanol–water partition coefficient (Wildman–Crippen LogP) is 3.72. The number of rotatable bonds is 4. The second kappa shape index (κ2) is 9.52. The number of hydrogen-bond acceptors (Lipinski definition) is 7. The molecule has 2 aliphatic heterocycles. The van der Waals surface area contributed by atoms with E-state index in [0.29, 0.717) is 40.8 Å². The normalized spacial score (nSPS) is 21.1. The van der Waals surface area contributed by atoms with Crippen LogP contribution in [-0.4, -0.2) is 69.7 Å². The van der Waals surface area contributed by atoms with Gasteiger partial charge in [0.2, 0.25) is 5.91 Å². The van der Waals surface area contributed by atoms with Crippen molar-refractivity contribution in [3.63, 3.8) is 0 Å². The topological polar surface area (TPSA) is 127 Å². The predicted molar refractivity (Wildman–Crippen MR) is 127 cm³/mol. The van der Waals surface area contributed by atoms with Gasteiger partial charge in [0.15, 0.2) is 0 Å². The van der Waals surface area contributed by atoms with Crippen molar-refractivity contribution in [1.82, 2.24) is 15.2 Å². The standard InChI is InChI=1S/C25H28F3N3O7/c1-13-20-15(16-9-14(36-25(26,27)28)5-6-17(16)30-13)7-8-24(37-20)10-18(21(33)34)31(12-24)19(32)11-29-22(35)38-23(2,3)4/h5-6,9,18H,7-8,10-12H2,1-4H3,(H,29,35)(H,33,34). The van der Waals surface area contributed by atoms with E-state index in [2.05, 4.69) is 15.0 Å². The summed E-state index contributed by atoms with van der Waals surface area (Å²) in [5.74, 6) is -1.88. The third-order valence-electron chi connectivity index (χ3n) is 6.36. The molecular formula is C25H28F3N3O7. The highest BCUT2D eigenvalue weighted by atomic mass is 19.4. The number of carbonyl (C=O) groups excluding carboxylic acids is 2. The molecule has 2 unspecified atom stereocenters. The number of aliphatic carboxylic acids is 1. The third kappa shape index (κ3) is 5.86. The number of amides is 2. The minimum absolute atomic E-state index is 0.00531. The van der Waals surface area contributed by atoms with Crippen LogP contribution in [0.25, 0.3) is 10.9 Å². The quantitative estimate of drug-likeness (QED) is 0.602. The van der Waals surface area contributed by atoms with E-state index in [1.165, 1.54) is 18.2 Å². The molecule has 2 amide bonds. The number of likely N-dealkylation sites (tertiary alicyclic amines) is 1. The highest BCUT2D eigenvalue weighted by Gasteiger charge is 2.52. The third-order valence-corrected chi connectivity index (χ3v) is 6.36. The number of ether oxygens (including phenoxy) is 3. The first-order chi connectivity index (χ1) is 17.6. The zero-order chi connectivity index (χ0) is 28.0. The smallest absolute Gasteiger partial charge is 0.483 e. The molecule has 0 bridgehead atoms. The van der Waals surface area contributed by atoms with Gasteiger partial charge in [-0.2, -0.15) is 0 Å². The molecule has 10 nitrogen and oxygen atoms in total. The molecule has 0 aliphatic carbocycles. The molecule has 1 fully saturated rings. The second-order valence-electron chi connectivity index (χ2n) is 10.5. The zero-order valence-electron chi connectivity index (χ0n) is 21.3. The molecule has 13 heteroatoms. The van der Waals surface area contributed by atoms with E-state index in [-0.39, 0.29) is 18.7 Å². The SMILES string of the molecule is Cc1nc2ccc(OC(F)(F)F)cc2c2c1OC1(CC2)CC(C(=O)O)N(C(=O)CNC(=O)OC(C)(C)C)C1. The maximum Gasteiger partial charge on any atom is 0.573 e. The Hall–Kier alpha value is -3.77. The Morgan fingerprint density at radius 1 is 1.26 bits per heavy atom. The number of benzene rings is 1. The van der Waals surface area contributed by atoms with Crippen molar-refractivity contribution in [3.05, 3.63) is 29.5 Å². The number of alkyl halides is 3. The van der Waals surface area contributed by atoms with Gasteiger partial charge < -0.3 is 29.5 Å². The zero-order valence-corrected chi connectivity index (χ0v) is 21.3. The molecule has 1 aromatic heterocycles. The van der Waals surface area contributed by atoms with E-state index in [4.69, 9.17) is 9.47 Å². The summed E-state index contributed by atoms with van der Waals surface area (Å²) in [6.07, 6.45) is -4.99. The van der Waals surface area contributed by atoms with Gasteiger partial charge in [0, 0.05) is 17.4 Å². The molecule has 1 spiro atoms. The molecular weight excluding hydrogens is 511 g/mol. The maximum atomic E-state index is 12.9. The number of aryl methyl sites for hydroxylation is 2. The van der Waals surface area contributed by atoms with E-state index >= 15 is 0 Å². The number of carboxylic acid groups (broad SMARTS) is 1. The van der Waals surface area contributed by atoms with Crippen molar-refractivity contribution >= 4 is 28.9 Å². The maximum absolute atomic E-state index is 12.9. The molecule has 38 heavy (non-hydrogen) atoms. The van der Waals surface area contributed by atoms with Gasteiger partial charge in [-0.25, -0.2) is 14.6 Å². The van der Waals surface area contributed by atoms with Crippen LogP contribution in [0.2, 0.25) is 0 Å². The number of nitrogens with one attached hydrogen (secondary N) is 1. The number of hydrogen-bond donors (Lipinski definition) is 2. The molecule has 0 saturated carbocycles. The highest BCUT2D eigenvalue weighted by molar-refractivity contribution is 5.88. The summed E-state index contributed by atoms with van der Waals surface area (Å²) < 4.78 is 53.7. The van der Waals surface area contributed by atoms with E-state index in [9.17, 15) is 32.7 Å². The Morgan fingerprint density at radius 2 is 1.97 bits per heavy atom. The first-order valence-electron chi connectivity index (χ1n) is 11.9. The summed E-state index contributed by atoms with van der Waals surface area (Å²) in [5.41, 5.74) is -0.228. The molecule has 2 aliphatic rings. The van der Waals surface area contributed by atoms with Gasteiger partial charge in [0.1, 0.15) is 35.3 Å². The Balaban J connectivity index is 1.57. The molecule has 0 radical (unpaired) electrons. The van der Waals surface area contributed by atoms with Crippen LogP contribution in [0.15, 0.2) is 18.2 Å². The Labute approximate surface area is 216 Å². The van der Waals surface area contributed by atoms with E-state index < -0.39 is 48.1 Å². The van der Waals surface area contributed by atoms with Crippen LogP contribution >= 0.6 is 0 Å². The summed E-state index contributed by atoms with van der Waals surface area (Å²) in [6.45, 7) is 6.19. The first kappa shape index (κ1) is 27.3. The molecule has 1 saturated heterocycles. The van der Waals surface area contributed by atoms with E-state index in [1.54, 1.807) is 27.7 Å². The molecule has 2 aromatic rings. The summed E-state index contributed by atoms with van der Waals surface area (Å²) in [5, 5.41) is 12.6. The summed E-state index contributed by atoms with van der Waals surface area (Å²) >= 11 is 0. The lowest BCUT2D eigenvalue weighted by Gasteiger charge is -2.36. The Morgan fingerprint density at radius 3 is 2.61 bits per heavy atom. The Kier molecular flexibility index (Phi) is 6.83. The summed E-state index contributed by atoms with van der Waals surface area (Å²) in [7, 11) is 0. The number of alkyl carbamates (subject to hydrolysis) is 1. The lowest BCUT2D eigenvalue weighted by Crippen LogP contribution is -2.48. The largest absolute Gasteiger partial charge is 0.573 e. The number of aromatic nitrogens is 1. The van der Waals surface area contributed by atoms with Crippen LogP contribution in [0.4, 0.5) is 18.0 Å². The number of fused-ring (bicyclic) bond motifs is 3. The molecule has 3 heterocycles. The van der Waals surface area contributed by atoms with Gasteiger partial charge >= 0.3 is 18.4 Å².